The Morgan fingerprint density at radius 2 is 0.710 bits per heavy atom. The monoisotopic (exact) mass is 2000 g/mol. The smallest absolute Gasteiger partial charge is 0.339 e. The van der Waals surface area contributed by atoms with Gasteiger partial charge < -0.3 is 94.8 Å². The summed E-state index contributed by atoms with van der Waals surface area (Å²) in [6.45, 7) is 55.1. The van der Waals surface area contributed by atoms with E-state index in [1.165, 1.54) is 73.6 Å². The van der Waals surface area contributed by atoms with E-state index >= 15 is 0 Å². The van der Waals surface area contributed by atoms with Crippen LogP contribution >= 0.6 is 0 Å². The molecular weight excluding hydrogens is 1830 g/mol. The van der Waals surface area contributed by atoms with Crippen LogP contribution in [-0.2, 0) is 38.5 Å². The number of ether oxygens (including phenoxy) is 6. The SMILES string of the molecule is C=C(C)[C@@H]1CC[C@](C)(O)[C@H]2Oc3c(C(=O)O)c(CCC)cc(O)c3[C@@H]12.C=C(C)[C@@H]1CC[C@](C)(O)[C@H]2Oc3c(C(=O)O)c(CCCCC)cc(O)c3[C@@H]12.C=C(C)[C@@H]1CC[C@](C)(O)[C@H]2Oc3cc(CCC)cc(O)c3[C@@H]12.CCCCCc1cc(O)c2c(c1)OC(C)(C)C1=C2C(O)C(C)(O)CC1.CCCCCc1cc(O)c2c(c1)OC(C)(C)[C@@H]1CC[C@@H](C)C=C21.CCCCCc1cc(O)c2c(c1)OC(C)(C)[C@@H]1CC[C@H](C)C=C21. The zero-order chi connectivity index (χ0) is 106. The lowest BCUT2D eigenvalue weighted by atomic mass is 9.66. The maximum absolute atomic E-state index is 12.1. The minimum absolute atomic E-state index is 0.00748. The van der Waals surface area contributed by atoms with Crippen LogP contribution in [0.5, 0.6) is 69.0 Å². The number of phenolic OH excluding ortho intramolecular Hbond substituents is 6. The van der Waals surface area contributed by atoms with E-state index in [-0.39, 0.29) is 92.7 Å². The molecule has 6 aliphatic carbocycles. The molecule has 145 heavy (non-hydrogen) atoms. The molecule has 6 aromatic carbocycles. The van der Waals surface area contributed by atoms with Crippen molar-refractivity contribution >= 4 is 28.7 Å². The van der Waals surface area contributed by atoms with E-state index in [2.05, 4.69) is 120 Å². The first-order valence-corrected chi connectivity index (χ1v) is 54.7. The molecule has 21 nitrogen and oxygen atoms in total. The lowest BCUT2D eigenvalue weighted by Crippen LogP contribution is -2.50. The summed E-state index contributed by atoms with van der Waals surface area (Å²) >= 11 is 0. The van der Waals surface area contributed by atoms with Crippen LogP contribution in [0.3, 0.4) is 0 Å². The lowest BCUT2D eigenvalue weighted by molar-refractivity contribution is -0.0827. The van der Waals surface area contributed by atoms with Crippen molar-refractivity contribution in [3.63, 3.8) is 0 Å². The Morgan fingerprint density at radius 1 is 0.372 bits per heavy atom. The van der Waals surface area contributed by atoms with Gasteiger partial charge in [0, 0.05) is 51.9 Å². The number of rotatable bonds is 25. The predicted octanol–water partition coefficient (Wildman–Crippen LogP) is 27.4. The number of aromatic hydroxyl groups is 6. The number of aliphatic hydroxyl groups is 5. The molecule has 12 aliphatic rings. The van der Waals surface area contributed by atoms with Crippen molar-refractivity contribution < 1.29 is 104 Å². The summed E-state index contributed by atoms with van der Waals surface area (Å²) in [6, 6.07) is 19.0. The molecule has 6 aliphatic heterocycles. The van der Waals surface area contributed by atoms with E-state index in [0.29, 0.717) is 125 Å². The largest absolute Gasteiger partial charge is 0.508 e. The Labute approximate surface area is 863 Å². The molecule has 0 radical (unpaired) electrons. The van der Waals surface area contributed by atoms with Gasteiger partial charge >= 0.3 is 11.9 Å². The van der Waals surface area contributed by atoms with Crippen LogP contribution in [0, 0.1) is 41.4 Å². The van der Waals surface area contributed by atoms with Gasteiger partial charge in [-0.05, 0) is 372 Å². The van der Waals surface area contributed by atoms with Gasteiger partial charge in [-0.2, -0.15) is 0 Å². The molecule has 21 heteroatoms. The fourth-order valence-electron chi connectivity index (χ4n) is 25.8. The van der Waals surface area contributed by atoms with Crippen LogP contribution in [0.25, 0.3) is 16.7 Å². The molecule has 2 unspecified atom stereocenters. The first-order chi connectivity index (χ1) is 68.2. The highest BCUT2D eigenvalue weighted by Crippen LogP contribution is 2.63. The summed E-state index contributed by atoms with van der Waals surface area (Å²) < 4.78 is 37.2. The quantitative estimate of drug-likeness (QED) is 0.0187. The van der Waals surface area contributed by atoms with Crippen molar-refractivity contribution in [3.8, 4) is 69.0 Å². The third kappa shape index (κ3) is 23.6. The predicted molar refractivity (Wildman–Crippen MR) is 576 cm³/mol. The van der Waals surface area contributed by atoms with Crippen molar-refractivity contribution in [1.29, 1.82) is 0 Å². The number of allylic oxidation sites excluding steroid dienone is 5. The summed E-state index contributed by atoms with van der Waals surface area (Å²) in [7, 11) is 0. The van der Waals surface area contributed by atoms with E-state index in [1.807, 2.05) is 78.8 Å². The maximum atomic E-state index is 12.1. The molecule has 18 rings (SSSR count). The van der Waals surface area contributed by atoms with Gasteiger partial charge in [0.25, 0.3) is 0 Å². The van der Waals surface area contributed by atoms with Gasteiger partial charge in [0.2, 0.25) is 0 Å². The number of benzene rings is 6. The van der Waals surface area contributed by atoms with Crippen LogP contribution in [-0.4, -0.2) is 142 Å². The van der Waals surface area contributed by atoms with Crippen molar-refractivity contribution in [2.75, 3.05) is 0 Å². The van der Waals surface area contributed by atoms with Gasteiger partial charge in [-0.25, -0.2) is 9.59 Å². The fraction of sp³-hybridized carbons (Fsp3) is 0.597. The second kappa shape index (κ2) is 45.3. The molecule has 18 atom stereocenters. The van der Waals surface area contributed by atoms with E-state index in [0.717, 1.165) is 177 Å². The molecule has 3 saturated carbocycles. The molecule has 0 amide bonds. The maximum Gasteiger partial charge on any atom is 0.339 e. The zero-order valence-electron chi connectivity index (χ0n) is 90.8. The van der Waals surface area contributed by atoms with Crippen molar-refractivity contribution in [2.24, 2.45) is 41.4 Å². The molecular formula is C124H172O21. The zero-order valence-corrected chi connectivity index (χ0v) is 90.8. The first-order valence-electron chi connectivity index (χ1n) is 54.7. The van der Waals surface area contributed by atoms with Crippen LogP contribution < -0.4 is 28.4 Å². The molecule has 0 saturated heterocycles. The standard InChI is InChI=1S/C22H30O5.C21H30O4.2C21H30O2.C20H26O5.C19H26O3/c1-5-6-7-8-13-11-15(23)18-17-14(12(2)3)9-10-22(4,26)20(17)27-19(18)16(13)21(24)25;1-5-6-7-8-13-11-15(22)18-16(12-13)25-20(2,3)14-9-10-21(4,24)19(23)17(14)18;2*1-5-6-7-8-15-12-18(22)20-16-11-14(2)9-10-17(16)21(3,4)23-19(20)13-15;1-5-6-11-9-13(21)16-15-12(10(2)3)7-8-20(4,24)18(15)25-17(16)14(11)19(22)23;1-5-6-12-9-14(20)17-15(10-12)22-18-16(17)13(11(2)3)7-8-19(18,4)21/h11,14,17,20,23,26H,2,5-10H2,1,3-4H3,(H,24,25);11-12,19,22-24H,5-10H2,1-4H3;2*11-14,17,22H,5-10H2,1-4H3;9,12,15,18,21,24H,2,5-8H2,1,3-4H3,(H,22,23);9-10,13,16,18,20-21H,2,5-8H2,1,3-4H3/t14-,17+,20-,22-;;14-,17+;14-,17-;12-,15+,18-,20-;13-,16+,18-,19-/m0.0100/s1. The normalized spacial score (nSPS) is 28.3. The summed E-state index contributed by atoms with van der Waals surface area (Å²) in [5.74, 6) is 4.43. The average Bonchev–Trinajstić information content (AvgIpc) is 1.61. The summed E-state index contributed by atoms with van der Waals surface area (Å²) in [4.78, 5) is 24.0. The summed E-state index contributed by atoms with van der Waals surface area (Å²) in [5, 5.41) is 137. The van der Waals surface area contributed by atoms with E-state index < -0.39 is 58.3 Å². The number of carboxylic acid groups (broad SMARTS) is 2. The first kappa shape index (κ1) is 112. The topological polar surface area (TPSA) is 353 Å². The molecule has 6 aromatic rings. The molecule has 6 heterocycles. The third-order valence-corrected chi connectivity index (χ3v) is 33.7. The number of aromatic carboxylic acids is 2. The molecule has 794 valence electrons. The second-order valence-corrected chi connectivity index (χ2v) is 47.1. The number of carboxylic acids is 2. The minimum atomic E-state index is -1.20. The van der Waals surface area contributed by atoms with Crippen molar-refractivity contribution in [1.82, 2.24) is 0 Å². The van der Waals surface area contributed by atoms with Gasteiger partial charge in [0.15, 0.2) is 0 Å². The van der Waals surface area contributed by atoms with Gasteiger partial charge in [-0.3, -0.25) is 0 Å². The molecule has 0 bridgehead atoms. The number of unbranched alkanes of at least 4 members (excludes halogenated alkanes) is 8. The molecule has 0 aromatic heterocycles. The Balaban J connectivity index is 0.000000146. The molecule has 0 spiro atoms. The second-order valence-electron chi connectivity index (χ2n) is 47.1. The summed E-state index contributed by atoms with van der Waals surface area (Å²) in [5.41, 5.74) is 12.2. The van der Waals surface area contributed by atoms with E-state index in [4.69, 9.17) is 28.4 Å². The number of phenols is 6. The van der Waals surface area contributed by atoms with Gasteiger partial charge in [-0.15, -0.1) is 0 Å². The fourth-order valence-corrected chi connectivity index (χ4v) is 25.8. The summed E-state index contributed by atoms with van der Waals surface area (Å²) in [6.07, 6.45) is 32.3. The van der Waals surface area contributed by atoms with Crippen molar-refractivity contribution in [3.05, 3.63) is 193 Å². The van der Waals surface area contributed by atoms with Crippen LogP contribution in [0.1, 0.15) is 418 Å². The number of aryl methyl sites for hydroxylation is 6. The highest BCUT2D eigenvalue weighted by Gasteiger charge is 2.59. The van der Waals surface area contributed by atoms with Crippen LogP contribution in [0.4, 0.5) is 0 Å². The van der Waals surface area contributed by atoms with Gasteiger partial charge in [-0.1, -0.05) is 168 Å². The van der Waals surface area contributed by atoms with Gasteiger partial charge in [0.05, 0.1) is 39.1 Å². The Morgan fingerprint density at radius 3 is 1.09 bits per heavy atom. The minimum Gasteiger partial charge on any atom is -0.508 e. The lowest BCUT2D eigenvalue weighted by Gasteiger charge is -2.45. The average molecular weight is 2000 g/mol. The Bertz CT molecular complexity index is 5730. The van der Waals surface area contributed by atoms with Gasteiger partial charge in [0.1, 0.15) is 121 Å². The third-order valence-electron chi connectivity index (χ3n) is 33.7. The van der Waals surface area contributed by atoms with Crippen LogP contribution in [0.15, 0.2) is 115 Å². The number of aliphatic hydroxyl groups excluding tert-OH is 1. The van der Waals surface area contributed by atoms with E-state index in [1.54, 1.807) is 39.0 Å². The number of carbonyl (C=O) groups is 2. The Kier molecular flexibility index (Phi) is 35.0. The number of hydrogen-bond donors (Lipinski definition) is 13. The number of fused-ring (bicyclic) bond motifs is 17. The highest BCUT2D eigenvalue weighted by molar-refractivity contribution is 5.96. The van der Waals surface area contributed by atoms with E-state index in [9.17, 15) is 76.0 Å². The molecule has 13 N–H and O–H groups in total. The van der Waals surface area contributed by atoms with Crippen molar-refractivity contribution in [2.45, 2.75) is 432 Å². The Hall–Kier alpha value is -9.90. The highest BCUT2D eigenvalue weighted by atomic mass is 16.5. The number of hydrogen-bond acceptors (Lipinski definition) is 19. The molecule has 3 fully saturated rings. The van der Waals surface area contributed by atoms with Crippen LogP contribution in [0.2, 0.25) is 0 Å².